The molecule has 1 aromatic carbocycles. The Bertz CT molecular complexity index is 794. The molecule has 19 heavy (non-hydrogen) atoms. The van der Waals surface area contributed by atoms with Gasteiger partial charge in [0.1, 0.15) is 5.69 Å². The second kappa shape index (κ2) is 4.07. The maximum absolute atomic E-state index is 8.80. The zero-order chi connectivity index (χ0) is 13.4. The van der Waals surface area contributed by atoms with Crippen molar-refractivity contribution in [2.45, 2.75) is 0 Å². The number of nitrogens with zero attached hydrogens (tertiary/aromatic N) is 5. The molecule has 0 fully saturated rings. The summed E-state index contributed by atoms with van der Waals surface area (Å²) in [6, 6.07) is 9.32. The number of nitriles is 1. The minimum atomic E-state index is 0.224. The van der Waals surface area contributed by atoms with Gasteiger partial charge >= 0.3 is 0 Å². The lowest BCUT2D eigenvalue weighted by Gasteiger charge is -1.97. The first-order valence-electron chi connectivity index (χ1n) is 5.65. The van der Waals surface area contributed by atoms with E-state index in [1.807, 2.05) is 19.2 Å². The normalized spacial score (nSPS) is 10.5. The van der Waals surface area contributed by atoms with Gasteiger partial charge in [-0.1, -0.05) is 12.1 Å². The fourth-order valence-corrected chi connectivity index (χ4v) is 1.97. The van der Waals surface area contributed by atoms with Crippen LogP contribution in [0.1, 0.15) is 5.56 Å². The molecule has 0 unspecified atom stereocenters. The number of hydrogen-bond donors (Lipinski definition) is 1. The van der Waals surface area contributed by atoms with Crippen LogP contribution in [-0.2, 0) is 7.05 Å². The Morgan fingerprint density at radius 2 is 2.00 bits per heavy atom. The van der Waals surface area contributed by atoms with Crippen molar-refractivity contribution in [3.63, 3.8) is 0 Å². The Morgan fingerprint density at radius 1 is 1.26 bits per heavy atom. The highest BCUT2D eigenvalue weighted by Crippen LogP contribution is 2.26. The van der Waals surface area contributed by atoms with Crippen LogP contribution in [0.15, 0.2) is 30.5 Å². The molecular weight excluding hydrogens is 240 g/mol. The lowest BCUT2D eigenvalue weighted by Crippen LogP contribution is -1.97. The van der Waals surface area contributed by atoms with E-state index in [0.717, 1.165) is 16.6 Å². The van der Waals surface area contributed by atoms with Crippen LogP contribution in [-0.4, -0.2) is 19.7 Å². The third-order valence-electron chi connectivity index (χ3n) is 2.89. The topological polar surface area (TPSA) is 93.4 Å². The van der Waals surface area contributed by atoms with E-state index in [9.17, 15) is 0 Å². The van der Waals surface area contributed by atoms with Gasteiger partial charge in [-0.15, -0.1) is 0 Å². The monoisotopic (exact) mass is 250 g/mol. The van der Waals surface area contributed by atoms with E-state index in [-0.39, 0.29) is 5.95 Å². The van der Waals surface area contributed by atoms with Crippen LogP contribution < -0.4 is 5.73 Å². The van der Waals surface area contributed by atoms with Crippen molar-refractivity contribution in [2.75, 3.05) is 5.73 Å². The highest BCUT2D eigenvalue weighted by atomic mass is 15.3. The molecule has 0 bridgehead atoms. The highest BCUT2D eigenvalue weighted by Gasteiger charge is 2.12. The average Bonchev–Trinajstić information content (AvgIpc) is 2.76. The van der Waals surface area contributed by atoms with Crippen molar-refractivity contribution in [3.8, 4) is 17.3 Å². The first-order valence-corrected chi connectivity index (χ1v) is 5.65. The largest absolute Gasteiger partial charge is 0.368 e. The van der Waals surface area contributed by atoms with E-state index in [0.29, 0.717) is 11.2 Å². The Morgan fingerprint density at radius 3 is 2.68 bits per heavy atom. The quantitative estimate of drug-likeness (QED) is 0.706. The van der Waals surface area contributed by atoms with Gasteiger partial charge in [0.15, 0.2) is 5.65 Å². The van der Waals surface area contributed by atoms with E-state index >= 15 is 0 Å². The molecule has 0 amide bonds. The number of hydrogen-bond acceptors (Lipinski definition) is 5. The number of fused-ring (bicyclic) bond motifs is 1. The van der Waals surface area contributed by atoms with Crippen LogP contribution in [0.25, 0.3) is 22.3 Å². The third-order valence-corrected chi connectivity index (χ3v) is 2.89. The van der Waals surface area contributed by atoms with Crippen LogP contribution in [0.5, 0.6) is 0 Å². The van der Waals surface area contributed by atoms with Gasteiger partial charge in [0, 0.05) is 18.8 Å². The zero-order valence-corrected chi connectivity index (χ0v) is 10.2. The van der Waals surface area contributed by atoms with E-state index in [1.165, 1.54) is 0 Å². The maximum Gasteiger partial charge on any atom is 0.222 e. The van der Waals surface area contributed by atoms with Crippen LogP contribution in [0.3, 0.4) is 0 Å². The number of aromatic nitrogens is 4. The number of nitrogen functional groups attached to an aromatic ring is 1. The molecule has 2 heterocycles. The van der Waals surface area contributed by atoms with Crippen molar-refractivity contribution in [3.05, 3.63) is 36.0 Å². The number of nitrogens with two attached hydrogens (primary N) is 1. The van der Waals surface area contributed by atoms with Crippen LogP contribution in [0.4, 0.5) is 5.95 Å². The minimum Gasteiger partial charge on any atom is -0.368 e. The Kier molecular flexibility index (Phi) is 2.39. The van der Waals surface area contributed by atoms with Crippen molar-refractivity contribution in [2.24, 2.45) is 7.05 Å². The van der Waals surface area contributed by atoms with Crippen molar-refractivity contribution < 1.29 is 0 Å². The predicted octanol–water partition coefficient (Wildman–Crippen LogP) is 1.48. The second-order valence-corrected chi connectivity index (χ2v) is 4.13. The van der Waals surface area contributed by atoms with E-state index in [2.05, 4.69) is 21.1 Å². The van der Waals surface area contributed by atoms with E-state index in [1.54, 1.807) is 23.0 Å². The molecule has 6 nitrogen and oxygen atoms in total. The molecule has 0 aliphatic rings. The molecule has 0 atom stereocenters. The van der Waals surface area contributed by atoms with Crippen LogP contribution in [0, 0.1) is 11.3 Å². The van der Waals surface area contributed by atoms with Gasteiger partial charge in [0.25, 0.3) is 0 Å². The fourth-order valence-electron chi connectivity index (χ4n) is 1.97. The van der Waals surface area contributed by atoms with Gasteiger partial charge in [-0.25, -0.2) is 9.67 Å². The molecule has 0 saturated heterocycles. The summed E-state index contributed by atoms with van der Waals surface area (Å²) in [5.74, 6) is 0.224. The molecule has 0 aliphatic heterocycles. The summed E-state index contributed by atoms with van der Waals surface area (Å²) in [6.07, 6.45) is 1.66. The first-order chi connectivity index (χ1) is 9.19. The summed E-state index contributed by atoms with van der Waals surface area (Å²) < 4.78 is 1.67. The van der Waals surface area contributed by atoms with Gasteiger partial charge in [-0.3, -0.25) is 0 Å². The number of aryl methyl sites for hydroxylation is 1. The molecule has 2 N–H and O–H groups in total. The standard InChI is InChI=1S/C13H10N6/c1-19-12-10(7-16-13(15)17-12)11(18-19)9-4-2-8(6-14)3-5-9/h2-5,7H,1H3,(H2,15,16,17). The van der Waals surface area contributed by atoms with Gasteiger partial charge in [-0.05, 0) is 12.1 Å². The Labute approximate surface area is 109 Å². The van der Waals surface area contributed by atoms with Crippen molar-refractivity contribution >= 4 is 17.0 Å². The van der Waals surface area contributed by atoms with Gasteiger partial charge in [0.2, 0.25) is 5.95 Å². The predicted molar refractivity (Wildman–Crippen MR) is 70.9 cm³/mol. The SMILES string of the molecule is Cn1nc(-c2ccc(C#N)cc2)c2cnc(N)nc21. The Balaban J connectivity index is 2.22. The molecule has 3 rings (SSSR count). The number of rotatable bonds is 1. The molecule has 92 valence electrons. The summed E-state index contributed by atoms with van der Waals surface area (Å²) in [5, 5.41) is 14.1. The number of anilines is 1. The second-order valence-electron chi connectivity index (χ2n) is 4.13. The highest BCUT2D eigenvalue weighted by molar-refractivity contribution is 5.91. The van der Waals surface area contributed by atoms with E-state index < -0.39 is 0 Å². The lowest BCUT2D eigenvalue weighted by molar-refractivity contribution is 0.789. The Hall–Kier alpha value is -2.94. The molecular formula is C13H10N6. The van der Waals surface area contributed by atoms with Crippen LogP contribution >= 0.6 is 0 Å². The van der Waals surface area contributed by atoms with Crippen molar-refractivity contribution in [1.29, 1.82) is 5.26 Å². The summed E-state index contributed by atoms with van der Waals surface area (Å²) in [4.78, 5) is 8.17. The van der Waals surface area contributed by atoms with Gasteiger partial charge in [-0.2, -0.15) is 15.3 Å². The molecule has 6 heteroatoms. The molecule has 2 aromatic heterocycles. The maximum atomic E-state index is 8.80. The van der Waals surface area contributed by atoms with Crippen molar-refractivity contribution in [1.82, 2.24) is 19.7 Å². The molecule has 0 spiro atoms. The zero-order valence-electron chi connectivity index (χ0n) is 10.2. The summed E-state index contributed by atoms with van der Waals surface area (Å²) in [7, 11) is 1.81. The smallest absolute Gasteiger partial charge is 0.222 e. The third kappa shape index (κ3) is 1.77. The lowest BCUT2D eigenvalue weighted by atomic mass is 10.1. The van der Waals surface area contributed by atoms with Crippen LogP contribution in [0.2, 0.25) is 0 Å². The fraction of sp³-hybridized carbons (Fsp3) is 0.0769. The van der Waals surface area contributed by atoms with E-state index in [4.69, 9.17) is 11.0 Å². The molecule has 0 saturated carbocycles. The first kappa shape index (κ1) is 11.2. The number of benzene rings is 1. The summed E-state index contributed by atoms with van der Waals surface area (Å²) >= 11 is 0. The average molecular weight is 250 g/mol. The van der Waals surface area contributed by atoms with Gasteiger partial charge < -0.3 is 5.73 Å². The van der Waals surface area contributed by atoms with Gasteiger partial charge in [0.05, 0.1) is 17.0 Å². The molecule has 0 radical (unpaired) electrons. The summed E-state index contributed by atoms with van der Waals surface area (Å²) in [5.41, 5.74) is 8.58. The molecule has 3 aromatic rings. The summed E-state index contributed by atoms with van der Waals surface area (Å²) in [6.45, 7) is 0. The molecule has 0 aliphatic carbocycles. The minimum absolute atomic E-state index is 0.224.